The molecule has 1 atom stereocenters. The summed E-state index contributed by atoms with van der Waals surface area (Å²) in [6, 6.07) is 7.55. The first-order valence-corrected chi connectivity index (χ1v) is 6.86. The molecule has 0 amide bonds. The minimum absolute atomic E-state index is 0.0140. The van der Waals surface area contributed by atoms with Crippen molar-refractivity contribution in [2.45, 2.75) is 38.2 Å². The van der Waals surface area contributed by atoms with Crippen LogP contribution in [0.3, 0.4) is 0 Å². The Balaban J connectivity index is 2.46. The van der Waals surface area contributed by atoms with E-state index in [9.17, 15) is 9.59 Å². The van der Waals surface area contributed by atoms with Crippen molar-refractivity contribution < 1.29 is 19.1 Å². The molecule has 21 heavy (non-hydrogen) atoms. The van der Waals surface area contributed by atoms with Gasteiger partial charge in [0, 0.05) is 11.6 Å². The third kappa shape index (κ3) is 2.84. The molecule has 2 rings (SSSR count). The molecule has 4 nitrogen and oxygen atoms in total. The zero-order chi connectivity index (χ0) is 15.7. The van der Waals surface area contributed by atoms with Crippen LogP contribution in [0.1, 0.15) is 38.3 Å². The van der Waals surface area contributed by atoms with E-state index in [2.05, 4.69) is 20.8 Å². The molecule has 0 unspecified atom stereocenters. The van der Waals surface area contributed by atoms with Crippen LogP contribution in [0.25, 0.3) is 0 Å². The topological polar surface area (TPSA) is 52.6 Å². The number of carbonyl (C=O) groups excluding carboxylic acids is 2. The Hall–Kier alpha value is -2.10. The maximum Gasteiger partial charge on any atom is 0.355 e. The second kappa shape index (κ2) is 5.35. The predicted molar refractivity (Wildman–Crippen MR) is 78.7 cm³/mol. The smallest absolute Gasteiger partial charge is 0.355 e. The summed E-state index contributed by atoms with van der Waals surface area (Å²) in [6.07, 6.45) is 2.54. The highest BCUT2D eigenvalue weighted by Crippen LogP contribution is 2.35. The van der Waals surface area contributed by atoms with Crippen LogP contribution in [0, 0.1) is 0 Å². The molecule has 1 heterocycles. The van der Waals surface area contributed by atoms with E-state index >= 15 is 0 Å². The second-order valence-corrected chi connectivity index (χ2v) is 6.21. The summed E-state index contributed by atoms with van der Waals surface area (Å²) in [5.74, 6) is -0.727. The minimum Gasteiger partial charge on any atom is -0.478 e. The summed E-state index contributed by atoms with van der Waals surface area (Å²) in [4.78, 5) is 23.9. The van der Waals surface area contributed by atoms with Gasteiger partial charge in [-0.1, -0.05) is 45.0 Å². The summed E-state index contributed by atoms with van der Waals surface area (Å²) in [6.45, 7) is 6.34. The van der Waals surface area contributed by atoms with E-state index in [1.165, 1.54) is 19.4 Å². The molecule has 0 aromatic heterocycles. The van der Waals surface area contributed by atoms with E-state index in [4.69, 9.17) is 9.47 Å². The van der Waals surface area contributed by atoms with Gasteiger partial charge >= 0.3 is 5.97 Å². The molecule has 0 saturated heterocycles. The first-order chi connectivity index (χ1) is 9.79. The van der Waals surface area contributed by atoms with Crippen molar-refractivity contribution in [3.8, 4) is 0 Å². The lowest BCUT2D eigenvalue weighted by molar-refractivity contribution is -0.168. The normalized spacial score (nSPS) is 21.8. The van der Waals surface area contributed by atoms with Crippen LogP contribution in [-0.4, -0.2) is 18.9 Å². The maximum absolute atomic E-state index is 12.2. The maximum atomic E-state index is 12.2. The van der Waals surface area contributed by atoms with Crippen LogP contribution in [0.5, 0.6) is 0 Å². The first kappa shape index (κ1) is 15.3. The fourth-order valence-electron chi connectivity index (χ4n) is 2.38. The van der Waals surface area contributed by atoms with Crippen LogP contribution in [-0.2, 0) is 30.1 Å². The Labute approximate surface area is 124 Å². The van der Waals surface area contributed by atoms with Crippen molar-refractivity contribution >= 4 is 11.8 Å². The summed E-state index contributed by atoms with van der Waals surface area (Å²) >= 11 is 0. The van der Waals surface area contributed by atoms with Crippen LogP contribution < -0.4 is 0 Å². The van der Waals surface area contributed by atoms with Gasteiger partial charge in [0.25, 0.3) is 0 Å². The zero-order valence-corrected chi connectivity index (χ0v) is 12.8. The Kier molecular flexibility index (Phi) is 3.90. The molecule has 0 aliphatic carbocycles. The average molecular weight is 288 g/mol. The molecule has 112 valence electrons. The van der Waals surface area contributed by atoms with E-state index in [1.807, 2.05) is 24.3 Å². The van der Waals surface area contributed by atoms with Crippen molar-refractivity contribution in [1.82, 2.24) is 0 Å². The third-order valence-corrected chi connectivity index (χ3v) is 3.68. The molecule has 1 aromatic carbocycles. The van der Waals surface area contributed by atoms with Crippen molar-refractivity contribution in [1.29, 1.82) is 0 Å². The molecule has 0 spiro atoms. The number of carbonyl (C=O) groups is 2. The van der Waals surface area contributed by atoms with Gasteiger partial charge in [-0.05, 0) is 11.0 Å². The number of hydrogen-bond donors (Lipinski definition) is 0. The molecule has 0 radical (unpaired) electrons. The zero-order valence-electron chi connectivity index (χ0n) is 12.8. The average Bonchev–Trinajstić information content (AvgIpc) is 2.45. The highest BCUT2D eigenvalue weighted by Gasteiger charge is 2.46. The van der Waals surface area contributed by atoms with E-state index < -0.39 is 11.6 Å². The number of benzene rings is 1. The van der Waals surface area contributed by atoms with Crippen molar-refractivity contribution in [2.24, 2.45) is 0 Å². The predicted octanol–water partition coefficient (Wildman–Crippen LogP) is 2.86. The van der Waals surface area contributed by atoms with Gasteiger partial charge in [-0.15, -0.1) is 0 Å². The highest BCUT2D eigenvalue weighted by atomic mass is 16.6. The van der Waals surface area contributed by atoms with Gasteiger partial charge in [0.2, 0.25) is 5.60 Å². The fraction of sp³-hybridized carbons (Fsp3) is 0.412. The molecular formula is C17H20O4. The SMILES string of the molecule is COC(=O)[C@]1(c2ccc(C(C)(C)C)cc2)CC(=O)C=CO1. The van der Waals surface area contributed by atoms with Crippen molar-refractivity contribution in [3.05, 3.63) is 47.7 Å². The third-order valence-electron chi connectivity index (χ3n) is 3.68. The molecular weight excluding hydrogens is 268 g/mol. The highest BCUT2D eigenvalue weighted by molar-refractivity contribution is 5.96. The molecule has 0 N–H and O–H groups in total. The number of hydrogen-bond acceptors (Lipinski definition) is 4. The number of ketones is 1. The molecule has 4 heteroatoms. The van der Waals surface area contributed by atoms with Gasteiger partial charge in [0.1, 0.15) is 0 Å². The summed E-state index contributed by atoms with van der Waals surface area (Å²) < 4.78 is 10.4. The molecule has 0 fully saturated rings. The number of rotatable bonds is 2. The van der Waals surface area contributed by atoms with Crippen LogP contribution in [0.2, 0.25) is 0 Å². The molecule has 1 aromatic rings. The number of esters is 1. The second-order valence-electron chi connectivity index (χ2n) is 6.21. The Bertz CT molecular complexity index is 578. The summed E-state index contributed by atoms with van der Waals surface area (Å²) in [7, 11) is 1.29. The van der Waals surface area contributed by atoms with E-state index in [0.717, 1.165) is 5.56 Å². The Morgan fingerprint density at radius 2 is 1.86 bits per heavy atom. The lowest BCUT2D eigenvalue weighted by Crippen LogP contribution is -2.42. The van der Waals surface area contributed by atoms with Crippen LogP contribution in [0.4, 0.5) is 0 Å². The van der Waals surface area contributed by atoms with Gasteiger partial charge in [0.15, 0.2) is 5.78 Å². The van der Waals surface area contributed by atoms with Crippen molar-refractivity contribution in [3.63, 3.8) is 0 Å². The van der Waals surface area contributed by atoms with Crippen LogP contribution >= 0.6 is 0 Å². The van der Waals surface area contributed by atoms with Gasteiger partial charge in [-0.2, -0.15) is 0 Å². The molecule has 0 bridgehead atoms. The minimum atomic E-state index is -1.38. The standard InChI is InChI=1S/C17H20O4/c1-16(2,3)12-5-7-13(8-6-12)17(15(19)20-4)11-14(18)9-10-21-17/h5-10H,11H2,1-4H3/t17-/m1/s1. The summed E-state index contributed by atoms with van der Waals surface area (Å²) in [5, 5.41) is 0. The largest absolute Gasteiger partial charge is 0.478 e. The number of allylic oxidation sites excluding steroid dienone is 1. The lowest BCUT2D eigenvalue weighted by Gasteiger charge is -2.32. The van der Waals surface area contributed by atoms with Crippen LogP contribution in [0.15, 0.2) is 36.6 Å². The molecule has 0 saturated carbocycles. The molecule has 1 aliphatic heterocycles. The van der Waals surface area contributed by atoms with Crippen molar-refractivity contribution in [2.75, 3.05) is 7.11 Å². The fourth-order valence-corrected chi connectivity index (χ4v) is 2.38. The van der Waals surface area contributed by atoms with E-state index in [0.29, 0.717) is 5.56 Å². The lowest BCUT2D eigenvalue weighted by atomic mass is 9.82. The Morgan fingerprint density at radius 3 is 2.33 bits per heavy atom. The Morgan fingerprint density at radius 1 is 1.24 bits per heavy atom. The monoisotopic (exact) mass is 288 g/mol. The van der Waals surface area contributed by atoms with Gasteiger partial charge in [0.05, 0.1) is 19.8 Å². The van der Waals surface area contributed by atoms with E-state index in [-0.39, 0.29) is 17.6 Å². The van der Waals surface area contributed by atoms with Gasteiger partial charge in [-0.25, -0.2) is 4.79 Å². The van der Waals surface area contributed by atoms with Gasteiger partial charge in [-0.3, -0.25) is 4.79 Å². The summed E-state index contributed by atoms with van der Waals surface area (Å²) in [5.41, 5.74) is 0.404. The number of ether oxygens (including phenoxy) is 2. The molecule has 1 aliphatic rings. The van der Waals surface area contributed by atoms with E-state index in [1.54, 1.807) is 0 Å². The quantitative estimate of drug-likeness (QED) is 0.785. The van der Waals surface area contributed by atoms with Gasteiger partial charge < -0.3 is 9.47 Å². The first-order valence-electron chi connectivity index (χ1n) is 6.86. The number of methoxy groups -OCH3 is 1.